The molecule has 3 heterocycles. The second-order valence-corrected chi connectivity index (χ2v) is 4.50. The van der Waals surface area contributed by atoms with Crippen molar-refractivity contribution >= 4 is 11.8 Å². The fourth-order valence-electron chi connectivity index (χ4n) is 1.54. The van der Waals surface area contributed by atoms with E-state index in [1.165, 1.54) is 0 Å². The Balaban J connectivity index is 1.87. The van der Waals surface area contributed by atoms with Gasteiger partial charge in [0.2, 0.25) is 11.7 Å². The van der Waals surface area contributed by atoms with Crippen LogP contribution in [0.15, 0.2) is 29.0 Å². The zero-order valence-corrected chi connectivity index (χ0v) is 9.28. The van der Waals surface area contributed by atoms with Crippen LogP contribution in [0, 0.1) is 0 Å². The quantitative estimate of drug-likeness (QED) is 0.848. The van der Waals surface area contributed by atoms with Crippen molar-refractivity contribution in [2.24, 2.45) is 0 Å². The van der Waals surface area contributed by atoms with Crippen LogP contribution in [0.3, 0.4) is 0 Å². The fraction of sp³-hybridized carbons (Fsp3) is 0.300. The number of thioether (sulfide) groups is 1. The number of nitrogens with one attached hydrogen (secondary N) is 1. The minimum Gasteiger partial charge on any atom is -0.337 e. The van der Waals surface area contributed by atoms with Gasteiger partial charge in [-0.3, -0.25) is 10.3 Å². The predicted molar refractivity (Wildman–Crippen MR) is 60.7 cm³/mol. The summed E-state index contributed by atoms with van der Waals surface area (Å²) < 4.78 is 5.24. The summed E-state index contributed by atoms with van der Waals surface area (Å²) in [6, 6.07) is 3.95. The summed E-state index contributed by atoms with van der Waals surface area (Å²) >= 11 is 1.83. The molecule has 1 unspecified atom stereocenters. The number of aromatic nitrogens is 3. The van der Waals surface area contributed by atoms with Crippen LogP contribution in [0.4, 0.5) is 0 Å². The molecule has 0 saturated carbocycles. The molecule has 1 aliphatic heterocycles. The third kappa shape index (κ3) is 1.81. The lowest BCUT2D eigenvalue weighted by Crippen LogP contribution is -2.14. The third-order valence-corrected chi connectivity index (χ3v) is 3.32. The van der Waals surface area contributed by atoms with Crippen LogP contribution in [0.2, 0.25) is 0 Å². The van der Waals surface area contributed by atoms with Crippen molar-refractivity contribution < 1.29 is 4.52 Å². The maximum atomic E-state index is 5.24. The highest BCUT2D eigenvalue weighted by Crippen LogP contribution is 2.24. The van der Waals surface area contributed by atoms with Crippen molar-refractivity contribution in [2.75, 3.05) is 11.6 Å². The van der Waals surface area contributed by atoms with E-state index >= 15 is 0 Å². The van der Waals surface area contributed by atoms with Gasteiger partial charge in [0, 0.05) is 29.6 Å². The summed E-state index contributed by atoms with van der Waals surface area (Å²) in [5, 5.41) is 7.24. The maximum Gasteiger partial charge on any atom is 0.244 e. The minimum absolute atomic E-state index is 0.183. The van der Waals surface area contributed by atoms with Gasteiger partial charge >= 0.3 is 0 Å². The van der Waals surface area contributed by atoms with Gasteiger partial charge in [0.15, 0.2) is 0 Å². The molecular weight excluding hydrogens is 224 g/mol. The normalized spacial score (nSPS) is 20.1. The molecule has 1 aliphatic rings. The molecule has 1 atom stereocenters. The highest BCUT2D eigenvalue weighted by Gasteiger charge is 2.22. The molecule has 0 spiro atoms. The Morgan fingerprint density at radius 1 is 1.50 bits per heavy atom. The Morgan fingerprint density at radius 2 is 2.50 bits per heavy atom. The molecule has 6 heteroatoms. The van der Waals surface area contributed by atoms with E-state index in [9.17, 15) is 0 Å². The molecule has 82 valence electrons. The lowest BCUT2D eigenvalue weighted by atomic mass is 10.3. The molecule has 0 bridgehead atoms. The molecule has 1 fully saturated rings. The number of nitrogens with zero attached hydrogens (tertiary/aromatic N) is 3. The second-order valence-electron chi connectivity index (χ2n) is 3.47. The van der Waals surface area contributed by atoms with Gasteiger partial charge in [0.25, 0.3) is 0 Å². The zero-order valence-electron chi connectivity index (χ0n) is 8.46. The Hall–Kier alpha value is -1.40. The van der Waals surface area contributed by atoms with Crippen molar-refractivity contribution in [1.29, 1.82) is 0 Å². The molecule has 0 amide bonds. The van der Waals surface area contributed by atoms with Gasteiger partial charge in [0.1, 0.15) is 0 Å². The Kier molecular flexibility index (Phi) is 2.59. The van der Waals surface area contributed by atoms with Gasteiger partial charge < -0.3 is 4.52 Å². The summed E-state index contributed by atoms with van der Waals surface area (Å²) in [4.78, 5) is 8.40. The van der Waals surface area contributed by atoms with Gasteiger partial charge in [0.05, 0.1) is 6.04 Å². The Bertz CT molecular complexity index is 467. The van der Waals surface area contributed by atoms with Crippen LogP contribution in [-0.2, 0) is 0 Å². The monoisotopic (exact) mass is 234 g/mol. The van der Waals surface area contributed by atoms with E-state index in [0.717, 1.165) is 17.2 Å². The van der Waals surface area contributed by atoms with E-state index in [-0.39, 0.29) is 6.04 Å². The molecule has 1 N–H and O–H groups in total. The highest BCUT2D eigenvalue weighted by molar-refractivity contribution is 7.99. The molecule has 0 radical (unpaired) electrons. The van der Waals surface area contributed by atoms with Gasteiger partial charge in [-0.1, -0.05) is 5.16 Å². The molecule has 16 heavy (non-hydrogen) atoms. The summed E-state index contributed by atoms with van der Waals surface area (Å²) in [5.41, 5.74) is 0.878. The van der Waals surface area contributed by atoms with Crippen LogP contribution in [0.5, 0.6) is 0 Å². The molecule has 2 aromatic heterocycles. The number of hydrogen-bond acceptors (Lipinski definition) is 6. The SMILES string of the molecule is c1cncc(-c2noc(C3CSCN3)n2)c1. The van der Waals surface area contributed by atoms with E-state index in [0.29, 0.717) is 11.7 Å². The lowest BCUT2D eigenvalue weighted by molar-refractivity contribution is 0.351. The van der Waals surface area contributed by atoms with Crippen molar-refractivity contribution in [1.82, 2.24) is 20.4 Å². The van der Waals surface area contributed by atoms with E-state index in [1.807, 2.05) is 23.9 Å². The molecule has 3 rings (SSSR count). The average molecular weight is 234 g/mol. The fourth-order valence-corrected chi connectivity index (χ4v) is 2.48. The van der Waals surface area contributed by atoms with E-state index < -0.39 is 0 Å². The molecule has 0 aromatic carbocycles. The van der Waals surface area contributed by atoms with Crippen LogP contribution < -0.4 is 5.32 Å². The molecule has 2 aromatic rings. The van der Waals surface area contributed by atoms with Crippen LogP contribution >= 0.6 is 11.8 Å². The van der Waals surface area contributed by atoms with Gasteiger partial charge in [-0.25, -0.2) is 0 Å². The first-order valence-electron chi connectivity index (χ1n) is 4.98. The van der Waals surface area contributed by atoms with Crippen LogP contribution in [0.25, 0.3) is 11.4 Å². The molecule has 0 aliphatic carbocycles. The minimum atomic E-state index is 0.183. The van der Waals surface area contributed by atoms with Crippen LogP contribution in [-0.4, -0.2) is 26.8 Å². The summed E-state index contributed by atoms with van der Waals surface area (Å²) in [7, 11) is 0. The van der Waals surface area contributed by atoms with Crippen molar-refractivity contribution in [3.8, 4) is 11.4 Å². The number of hydrogen-bond donors (Lipinski definition) is 1. The topological polar surface area (TPSA) is 63.8 Å². The average Bonchev–Trinajstić information content (AvgIpc) is 3.01. The smallest absolute Gasteiger partial charge is 0.244 e. The summed E-state index contributed by atoms with van der Waals surface area (Å²) in [5.74, 6) is 3.18. The molecule has 5 nitrogen and oxygen atoms in total. The summed E-state index contributed by atoms with van der Waals surface area (Å²) in [6.07, 6.45) is 3.45. The number of rotatable bonds is 2. The van der Waals surface area contributed by atoms with Crippen molar-refractivity contribution in [3.63, 3.8) is 0 Å². The predicted octanol–water partition coefficient (Wildman–Crippen LogP) is 1.47. The Morgan fingerprint density at radius 3 is 3.25 bits per heavy atom. The van der Waals surface area contributed by atoms with Crippen molar-refractivity contribution in [2.45, 2.75) is 6.04 Å². The standard InChI is InChI=1S/C10H10N4OS/c1-2-7(4-11-3-1)9-13-10(15-14-9)8-5-16-6-12-8/h1-4,8,12H,5-6H2. The highest BCUT2D eigenvalue weighted by atomic mass is 32.2. The number of pyridine rings is 1. The van der Waals surface area contributed by atoms with E-state index in [1.54, 1.807) is 12.4 Å². The van der Waals surface area contributed by atoms with Crippen molar-refractivity contribution in [3.05, 3.63) is 30.4 Å². The largest absolute Gasteiger partial charge is 0.337 e. The van der Waals surface area contributed by atoms with Gasteiger partial charge in [-0.05, 0) is 12.1 Å². The third-order valence-electron chi connectivity index (χ3n) is 2.38. The first-order valence-corrected chi connectivity index (χ1v) is 6.14. The van der Waals surface area contributed by atoms with E-state index in [4.69, 9.17) is 4.52 Å². The second kappa shape index (κ2) is 4.23. The maximum absolute atomic E-state index is 5.24. The zero-order chi connectivity index (χ0) is 10.8. The lowest BCUT2D eigenvalue weighted by Gasteiger charge is -2.00. The van der Waals surface area contributed by atoms with Gasteiger partial charge in [-0.2, -0.15) is 4.98 Å². The Labute approximate surface area is 96.7 Å². The first-order chi connectivity index (χ1) is 7.93. The molecular formula is C10H10N4OS. The molecule has 1 saturated heterocycles. The van der Waals surface area contributed by atoms with E-state index in [2.05, 4.69) is 20.4 Å². The first kappa shape index (κ1) is 9.80. The summed E-state index contributed by atoms with van der Waals surface area (Å²) in [6.45, 7) is 0. The van der Waals surface area contributed by atoms with Crippen LogP contribution in [0.1, 0.15) is 11.9 Å². The van der Waals surface area contributed by atoms with Gasteiger partial charge in [-0.15, -0.1) is 11.8 Å².